The lowest BCUT2D eigenvalue weighted by molar-refractivity contribution is 0.220. The average Bonchev–Trinajstić information content (AvgIpc) is 2.55. The summed E-state index contributed by atoms with van der Waals surface area (Å²) in [5.74, 6) is 1.85. The summed E-state index contributed by atoms with van der Waals surface area (Å²) in [6, 6.07) is 4.06. The maximum atomic E-state index is 14.3. The van der Waals surface area contributed by atoms with Gasteiger partial charge in [0.05, 0.1) is 0 Å². The number of aryl methyl sites for hydroxylation is 2. The molecule has 0 aromatic heterocycles. The Labute approximate surface area is 136 Å². The number of hydrogen-bond acceptors (Lipinski definition) is 0. The quantitative estimate of drug-likeness (QED) is 0.522. The van der Waals surface area contributed by atoms with Crippen LogP contribution >= 0.6 is 0 Å². The van der Waals surface area contributed by atoms with E-state index in [9.17, 15) is 4.39 Å². The standard InChI is InChI=1S/C21H33F/c1-4-9-18(19-10-6-5-7-11-19)12-8-13-20-15-14-16(2)17(3)21(20)22/h14-15,18-19H,4-13H2,1-3H3. The van der Waals surface area contributed by atoms with Gasteiger partial charge in [-0.05, 0) is 61.6 Å². The Morgan fingerprint density at radius 1 is 1.09 bits per heavy atom. The van der Waals surface area contributed by atoms with E-state index in [1.807, 2.05) is 19.9 Å². The smallest absolute Gasteiger partial charge is 0.129 e. The molecule has 0 N–H and O–H groups in total. The second kappa shape index (κ2) is 8.70. The first kappa shape index (κ1) is 17.5. The average molecular weight is 304 g/mol. The van der Waals surface area contributed by atoms with E-state index in [0.717, 1.165) is 41.4 Å². The van der Waals surface area contributed by atoms with Crippen LogP contribution in [-0.2, 0) is 6.42 Å². The van der Waals surface area contributed by atoms with Gasteiger partial charge in [-0.2, -0.15) is 0 Å². The summed E-state index contributed by atoms with van der Waals surface area (Å²) < 4.78 is 14.3. The molecule has 1 saturated carbocycles. The number of benzene rings is 1. The fraction of sp³-hybridized carbons (Fsp3) is 0.714. The first-order valence-corrected chi connectivity index (χ1v) is 9.38. The molecule has 22 heavy (non-hydrogen) atoms. The van der Waals surface area contributed by atoms with Crippen molar-refractivity contribution in [3.8, 4) is 0 Å². The summed E-state index contributed by atoms with van der Waals surface area (Å²) in [5.41, 5.74) is 2.81. The van der Waals surface area contributed by atoms with Gasteiger partial charge >= 0.3 is 0 Å². The summed E-state index contributed by atoms with van der Waals surface area (Å²) in [5, 5.41) is 0. The molecule has 0 amide bonds. The van der Waals surface area contributed by atoms with Gasteiger partial charge in [-0.25, -0.2) is 4.39 Å². The molecule has 1 atom stereocenters. The lowest BCUT2D eigenvalue weighted by atomic mass is 9.76. The third-order valence-electron chi connectivity index (χ3n) is 5.73. The first-order valence-electron chi connectivity index (χ1n) is 9.38. The molecule has 1 unspecified atom stereocenters. The van der Waals surface area contributed by atoms with Gasteiger partial charge in [-0.1, -0.05) is 64.0 Å². The van der Waals surface area contributed by atoms with Crippen LogP contribution in [0.15, 0.2) is 12.1 Å². The molecule has 2 rings (SSSR count). The van der Waals surface area contributed by atoms with E-state index in [1.54, 1.807) is 0 Å². The fourth-order valence-electron chi connectivity index (χ4n) is 4.18. The fourth-order valence-corrected chi connectivity index (χ4v) is 4.18. The van der Waals surface area contributed by atoms with Gasteiger partial charge in [-0.3, -0.25) is 0 Å². The molecule has 0 radical (unpaired) electrons. The van der Waals surface area contributed by atoms with E-state index in [-0.39, 0.29) is 5.82 Å². The molecule has 0 aliphatic heterocycles. The second-order valence-corrected chi connectivity index (χ2v) is 7.32. The highest BCUT2D eigenvalue weighted by molar-refractivity contribution is 5.32. The molecule has 0 spiro atoms. The van der Waals surface area contributed by atoms with Crippen molar-refractivity contribution >= 4 is 0 Å². The van der Waals surface area contributed by atoms with Crippen LogP contribution in [0.2, 0.25) is 0 Å². The molecular weight excluding hydrogens is 271 g/mol. The zero-order valence-corrected chi connectivity index (χ0v) is 14.8. The molecule has 0 saturated heterocycles. The molecule has 0 bridgehead atoms. The molecule has 1 aromatic carbocycles. The van der Waals surface area contributed by atoms with Crippen LogP contribution in [0.4, 0.5) is 4.39 Å². The molecule has 1 aliphatic rings. The molecule has 1 heteroatoms. The van der Waals surface area contributed by atoms with Crippen LogP contribution < -0.4 is 0 Å². The van der Waals surface area contributed by atoms with E-state index >= 15 is 0 Å². The maximum Gasteiger partial charge on any atom is 0.129 e. The third kappa shape index (κ3) is 4.57. The summed E-state index contributed by atoms with van der Waals surface area (Å²) in [4.78, 5) is 0. The minimum atomic E-state index is 0.0321. The summed E-state index contributed by atoms with van der Waals surface area (Å²) in [7, 11) is 0. The van der Waals surface area contributed by atoms with Crippen molar-refractivity contribution in [2.24, 2.45) is 11.8 Å². The Balaban J connectivity index is 1.88. The molecule has 124 valence electrons. The second-order valence-electron chi connectivity index (χ2n) is 7.32. The van der Waals surface area contributed by atoms with Crippen molar-refractivity contribution in [3.05, 3.63) is 34.6 Å². The van der Waals surface area contributed by atoms with Crippen molar-refractivity contribution in [1.82, 2.24) is 0 Å². The monoisotopic (exact) mass is 304 g/mol. The number of hydrogen-bond donors (Lipinski definition) is 0. The highest BCUT2D eigenvalue weighted by Crippen LogP contribution is 2.35. The maximum absolute atomic E-state index is 14.3. The van der Waals surface area contributed by atoms with Crippen molar-refractivity contribution < 1.29 is 4.39 Å². The van der Waals surface area contributed by atoms with Crippen molar-refractivity contribution in [1.29, 1.82) is 0 Å². The van der Waals surface area contributed by atoms with E-state index < -0.39 is 0 Å². The minimum Gasteiger partial charge on any atom is -0.206 e. The van der Waals surface area contributed by atoms with Gasteiger partial charge < -0.3 is 0 Å². The summed E-state index contributed by atoms with van der Waals surface area (Å²) in [6.45, 7) is 6.19. The minimum absolute atomic E-state index is 0.0321. The van der Waals surface area contributed by atoms with Crippen molar-refractivity contribution in [3.63, 3.8) is 0 Å². The van der Waals surface area contributed by atoms with E-state index in [2.05, 4.69) is 13.0 Å². The molecule has 0 nitrogen and oxygen atoms in total. The Hall–Kier alpha value is -0.850. The predicted molar refractivity (Wildman–Crippen MR) is 93.8 cm³/mol. The van der Waals surface area contributed by atoms with Crippen LogP contribution in [0.25, 0.3) is 0 Å². The van der Waals surface area contributed by atoms with Crippen molar-refractivity contribution in [2.75, 3.05) is 0 Å². The normalized spacial score (nSPS) is 17.6. The molecular formula is C21H33F. The number of rotatable bonds is 7. The Kier molecular flexibility index (Phi) is 6.92. The van der Waals surface area contributed by atoms with Gasteiger partial charge in [0, 0.05) is 0 Å². The Bertz CT molecular complexity index is 457. The molecule has 1 aromatic rings. The van der Waals surface area contributed by atoms with Crippen LogP contribution in [0, 0.1) is 31.5 Å². The third-order valence-corrected chi connectivity index (χ3v) is 5.73. The topological polar surface area (TPSA) is 0 Å². The zero-order chi connectivity index (χ0) is 15.9. The molecule has 0 heterocycles. The largest absolute Gasteiger partial charge is 0.206 e. The van der Waals surface area contributed by atoms with Gasteiger partial charge in [-0.15, -0.1) is 0 Å². The van der Waals surface area contributed by atoms with E-state index in [4.69, 9.17) is 0 Å². The van der Waals surface area contributed by atoms with Crippen LogP contribution in [0.3, 0.4) is 0 Å². The van der Waals surface area contributed by atoms with E-state index in [0.29, 0.717) is 0 Å². The summed E-state index contributed by atoms with van der Waals surface area (Å²) >= 11 is 0. The summed E-state index contributed by atoms with van der Waals surface area (Å²) in [6.07, 6.45) is 13.1. The lowest BCUT2D eigenvalue weighted by Gasteiger charge is -2.30. The SMILES string of the molecule is CCCC(CCCc1ccc(C)c(C)c1F)C1CCCCC1. The van der Waals surface area contributed by atoms with Gasteiger partial charge in [0.15, 0.2) is 0 Å². The molecule has 1 fully saturated rings. The highest BCUT2D eigenvalue weighted by atomic mass is 19.1. The zero-order valence-electron chi connectivity index (χ0n) is 14.8. The van der Waals surface area contributed by atoms with E-state index in [1.165, 1.54) is 51.4 Å². The van der Waals surface area contributed by atoms with Gasteiger partial charge in [0.1, 0.15) is 5.82 Å². The number of halogens is 1. The predicted octanol–water partition coefficient (Wildman–Crippen LogP) is 6.76. The Morgan fingerprint density at radius 3 is 2.50 bits per heavy atom. The molecule has 1 aliphatic carbocycles. The Morgan fingerprint density at radius 2 is 1.82 bits per heavy atom. The first-order chi connectivity index (χ1) is 10.6. The van der Waals surface area contributed by atoms with Crippen LogP contribution in [-0.4, -0.2) is 0 Å². The van der Waals surface area contributed by atoms with Crippen LogP contribution in [0.1, 0.15) is 81.4 Å². The van der Waals surface area contributed by atoms with Crippen LogP contribution in [0.5, 0.6) is 0 Å². The van der Waals surface area contributed by atoms with Crippen molar-refractivity contribution in [2.45, 2.75) is 85.0 Å². The highest BCUT2D eigenvalue weighted by Gasteiger charge is 2.22. The lowest BCUT2D eigenvalue weighted by Crippen LogP contribution is -2.18. The van der Waals surface area contributed by atoms with Gasteiger partial charge in [0.25, 0.3) is 0 Å². The van der Waals surface area contributed by atoms with Gasteiger partial charge in [0.2, 0.25) is 0 Å².